The lowest BCUT2D eigenvalue weighted by atomic mass is 10.2. The van der Waals surface area contributed by atoms with Crippen molar-refractivity contribution in [1.29, 1.82) is 0 Å². The molecule has 0 saturated heterocycles. The first-order chi connectivity index (χ1) is 10.9. The molecule has 0 unspecified atom stereocenters. The molecule has 0 aliphatic rings. The van der Waals surface area contributed by atoms with E-state index in [9.17, 15) is 4.79 Å². The first-order valence-electron chi connectivity index (χ1n) is 7.63. The minimum atomic E-state index is -0.0840. The van der Waals surface area contributed by atoms with Gasteiger partial charge in [-0.1, -0.05) is 11.6 Å². The lowest BCUT2D eigenvalue weighted by Gasteiger charge is -2.19. The summed E-state index contributed by atoms with van der Waals surface area (Å²) in [5, 5.41) is 4.83. The second kappa shape index (κ2) is 7.51. The van der Waals surface area contributed by atoms with Crippen molar-refractivity contribution < 1.29 is 9.53 Å². The van der Waals surface area contributed by atoms with E-state index in [0.717, 1.165) is 11.3 Å². The molecule has 0 bridgehead atoms. The van der Waals surface area contributed by atoms with E-state index in [1.807, 2.05) is 32.9 Å². The Hall–Kier alpha value is -2.01. The third-order valence-corrected chi connectivity index (χ3v) is 3.69. The van der Waals surface area contributed by atoms with Crippen LogP contribution in [-0.2, 0) is 6.54 Å². The van der Waals surface area contributed by atoms with Crippen LogP contribution >= 0.6 is 11.6 Å². The lowest BCUT2D eigenvalue weighted by molar-refractivity contribution is 0.0784. The number of carbonyl (C=O) groups is 1. The Morgan fingerprint density at radius 1 is 1.43 bits per heavy atom. The predicted molar refractivity (Wildman–Crippen MR) is 91.0 cm³/mol. The quantitative estimate of drug-likeness (QED) is 0.807. The Balaban J connectivity index is 2.15. The van der Waals surface area contributed by atoms with E-state index in [1.54, 1.807) is 35.1 Å². The average molecular weight is 336 g/mol. The van der Waals surface area contributed by atoms with Crippen LogP contribution in [0, 0.1) is 0 Å². The standard InChI is InChI=1S/C17H22ClN3O2/c1-5-23-16-7-6-15(18)8-13(16)10-20(4)17(22)14-9-19-21(11-14)12(2)3/h6-9,11-12H,5,10H2,1-4H3. The molecule has 124 valence electrons. The zero-order valence-corrected chi connectivity index (χ0v) is 14.7. The molecule has 23 heavy (non-hydrogen) atoms. The van der Waals surface area contributed by atoms with E-state index in [1.165, 1.54) is 0 Å². The van der Waals surface area contributed by atoms with Crippen LogP contribution in [0.4, 0.5) is 0 Å². The number of amides is 1. The maximum absolute atomic E-state index is 12.5. The highest BCUT2D eigenvalue weighted by atomic mass is 35.5. The van der Waals surface area contributed by atoms with Gasteiger partial charge in [0.2, 0.25) is 0 Å². The SMILES string of the molecule is CCOc1ccc(Cl)cc1CN(C)C(=O)c1cnn(C(C)C)c1. The topological polar surface area (TPSA) is 47.4 Å². The normalized spacial score (nSPS) is 10.9. The Kier molecular flexibility index (Phi) is 5.66. The zero-order valence-electron chi connectivity index (χ0n) is 13.9. The summed E-state index contributed by atoms with van der Waals surface area (Å²) < 4.78 is 7.37. The number of carbonyl (C=O) groups excluding carboxylic acids is 1. The third-order valence-electron chi connectivity index (χ3n) is 3.45. The molecule has 0 spiro atoms. The van der Waals surface area contributed by atoms with Crippen molar-refractivity contribution >= 4 is 17.5 Å². The summed E-state index contributed by atoms with van der Waals surface area (Å²) >= 11 is 6.06. The number of ether oxygens (including phenoxy) is 1. The Labute approximate surface area is 141 Å². The largest absolute Gasteiger partial charge is 0.494 e. The summed E-state index contributed by atoms with van der Waals surface area (Å²) in [6.07, 6.45) is 3.37. The maximum atomic E-state index is 12.5. The number of aromatic nitrogens is 2. The van der Waals surface area contributed by atoms with Gasteiger partial charge in [0.05, 0.1) is 18.4 Å². The fourth-order valence-corrected chi connectivity index (χ4v) is 2.44. The molecule has 0 fully saturated rings. The van der Waals surface area contributed by atoms with Crippen LogP contribution in [0.2, 0.25) is 5.02 Å². The van der Waals surface area contributed by atoms with Gasteiger partial charge in [0.15, 0.2) is 0 Å². The van der Waals surface area contributed by atoms with E-state index >= 15 is 0 Å². The molecule has 0 radical (unpaired) electrons. The predicted octanol–water partition coefficient (Wildman–Crippen LogP) is 3.79. The molecule has 1 amide bonds. The summed E-state index contributed by atoms with van der Waals surface area (Å²) in [5.74, 6) is 0.661. The molecular formula is C17H22ClN3O2. The Morgan fingerprint density at radius 3 is 2.78 bits per heavy atom. The van der Waals surface area contributed by atoms with Gasteiger partial charge < -0.3 is 9.64 Å². The molecule has 0 atom stereocenters. The van der Waals surface area contributed by atoms with Gasteiger partial charge in [-0.25, -0.2) is 0 Å². The number of benzene rings is 1. The van der Waals surface area contributed by atoms with Crippen LogP contribution < -0.4 is 4.74 Å². The average Bonchev–Trinajstić information content (AvgIpc) is 2.99. The number of halogens is 1. The molecule has 2 aromatic rings. The number of nitrogens with zero attached hydrogens (tertiary/aromatic N) is 3. The van der Waals surface area contributed by atoms with Gasteiger partial charge in [-0.15, -0.1) is 0 Å². The van der Waals surface area contributed by atoms with Crippen molar-refractivity contribution in [3.05, 3.63) is 46.7 Å². The molecule has 0 aliphatic heterocycles. The highest BCUT2D eigenvalue weighted by Crippen LogP contribution is 2.24. The first-order valence-corrected chi connectivity index (χ1v) is 8.01. The summed E-state index contributed by atoms with van der Waals surface area (Å²) in [5.41, 5.74) is 1.45. The van der Waals surface area contributed by atoms with E-state index in [2.05, 4.69) is 5.10 Å². The third kappa shape index (κ3) is 4.26. The molecule has 2 rings (SSSR count). The van der Waals surface area contributed by atoms with Crippen molar-refractivity contribution in [2.45, 2.75) is 33.4 Å². The molecule has 1 aromatic heterocycles. The fourth-order valence-electron chi connectivity index (χ4n) is 2.25. The zero-order chi connectivity index (χ0) is 17.0. The van der Waals surface area contributed by atoms with Gasteiger partial charge in [-0.2, -0.15) is 5.10 Å². The van der Waals surface area contributed by atoms with Gasteiger partial charge in [0.25, 0.3) is 5.91 Å². The van der Waals surface area contributed by atoms with Crippen molar-refractivity contribution in [1.82, 2.24) is 14.7 Å². The number of hydrogen-bond donors (Lipinski definition) is 0. The van der Waals surface area contributed by atoms with Gasteiger partial charge in [-0.3, -0.25) is 9.48 Å². The second-order valence-corrected chi connectivity index (χ2v) is 6.09. The van der Waals surface area contributed by atoms with Crippen LogP contribution in [0.5, 0.6) is 5.75 Å². The molecule has 1 heterocycles. The molecular weight excluding hydrogens is 314 g/mol. The maximum Gasteiger partial charge on any atom is 0.257 e. The number of rotatable bonds is 6. The van der Waals surface area contributed by atoms with Crippen LogP contribution in [0.15, 0.2) is 30.6 Å². The van der Waals surface area contributed by atoms with Gasteiger partial charge in [-0.05, 0) is 39.0 Å². The van der Waals surface area contributed by atoms with E-state index in [0.29, 0.717) is 23.7 Å². The van der Waals surface area contributed by atoms with Crippen LogP contribution in [0.1, 0.15) is 42.7 Å². The first kappa shape index (κ1) is 17.3. The van der Waals surface area contributed by atoms with Crippen molar-refractivity contribution in [2.75, 3.05) is 13.7 Å². The van der Waals surface area contributed by atoms with E-state index in [-0.39, 0.29) is 11.9 Å². The Morgan fingerprint density at radius 2 is 2.17 bits per heavy atom. The summed E-state index contributed by atoms with van der Waals surface area (Å²) in [6.45, 7) is 6.94. The van der Waals surface area contributed by atoms with Gasteiger partial charge in [0.1, 0.15) is 5.75 Å². The van der Waals surface area contributed by atoms with Crippen LogP contribution in [-0.4, -0.2) is 34.2 Å². The molecule has 0 saturated carbocycles. The minimum Gasteiger partial charge on any atom is -0.494 e. The Bertz CT molecular complexity index is 682. The molecule has 1 aromatic carbocycles. The molecule has 0 N–H and O–H groups in total. The second-order valence-electron chi connectivity index (χ2n) is 5.65. The van der Waals surface area contributed by atoms with E-state index < -0.39 is 0 Å². The lowest BCUT2D eigenvalue weighted by Crippen LogP contribution is -2.26. The van der Waals surface area contributed by atoms with Gasteiger partial charge >= 0.3 is 0 Å². The van der Waals surface area contributed by atoms with Crippen LogP contribution in [0.3, 0.4) is 0 Å². The number of hydrogen-bond acceptors (Lipinski definition) is 3. The highest BCUT2D eigenvalue weighted by Gasteiger charge is 2.17. The summed E-state index contributed by atoms with van der Waals surface area (Å²) in [7, 11) is 1.76. The van der Waals surface area contributed by atoms with Crippen LogP contribution in [0.25, 0.3) is 0 Å². The monoisotopic (exact) mass is 335 g/mol. The molecule has 6 heteroatoms. The van der Waals surface area contributed by atoms with Crippen molar-refractivity contribution in [3.63, 3.8) is 0 Å². The summed E-state index contributed by atoms with van der Waals surface area (Å²) in [6, 6.07) is 5.66. The van der Waals surface area contributed by atoms with Crippen molar-refractivity contribution in [3.8, 4) is 5.75 Å². The van der Waals surface area contributed by atoms with Gasteiger partial charge in [0, 0.05) is 36.4 Å². The molecule has 0 aliphatic carbocycles. The highest BCUT2D eigenvalue weighted by molar-refractivity contribution is 6.30. The van der Waals surface area contributed by atoms with Crippen molar-refractivity contribution in [2.24, 2.45) is 0 Å². The minimum absolute atomic E-state index is 0.0840. The smallest absolute Gasteiger partial charge is 0.257 e. The summed E-state index contributed by atoms with van der Waals surface area (Å²) in [4.78, 5) is 14.2. The fraction of sp³-hybridized carbons (Fsp3) is 0.412. The van der Waals surface area contributed by atoms with E-state index in [4.69, 9.17) is 16.3 Å². The molecule has 5 nitrogen and oxygen atoms in total.